The average Bonchev–Trinajstić information content (AvgIpc) is 3.37. The lowest BCUT2D eigenvalue weighted by molar-refractivity contribution is -0.301. The van der Waals surface area contributed by atoms with Crippen molar-refractivity contribution in [3.05, 3.63) is 22.3 Å². The first-order chi connectivity index (χ1) is 15.2. The van der Waals surface area contributed by atoms with E-state index in [1.165, 1.54) is 23.8 Å². The molecule has 0 aromatic carbocycles. The van der Waals surface area contributed by atoms with Crippen LogP contribution in [0.5, 0.6) is 0 Å². The monoisotopic (exact) mass is 478 g/mol. The smallest absolute Gasteiger partial charge is 0.276 e. The van der Waals surface area contributed by atoms with E-state index >= 15 is 0 Å². The first kappa shape index (κ1) is 22.6. The zero-order chi connectivity index (χ0) is 23.0. The highest BCUT2D eigenvalue weighted by Gasteiger charge is 2.53. The van der Waals surface area contributed by atoms with Crippen LogP contribution in [0.1, 0.15) is 44.7 Å². The van der Waals surface area contributed by atoms with E-state index in [0.717, 1.165) is 42.6 Å². The number of fused-ring (bicyclic) bond motifs is 1. The molecule has 3 aliphatic rings. The molecule has 172 valence electrons. The van der Waals surface area contributed by atoms with Crippen LogP contribution in [0.2, 0.25) is 0 Å². The molecule has 2 aliphatic heterocycles. The fourth-order valence-corrected chi connectivity index (χ4v) is 6.52. The zero-order valence-corrected chi connectivity index (χ0v) is 19.4. The average molecular weight is 479 g/mol. The van der Waals surface area contributed by atoms with Gasteiger partial charge in [-0.25, -0.2) is 4.98 Å². The minimum Gasteiger partial charge on any atom is -0.543 e. The summed E-state index contributed by atoms with van der Waals surface area (Å²) in [7, 11) is 1.29. The Hall–Kier alpha value is -2.60. The summed E-state index contributed by atoms with van der Waals surface area (Å²) < 4.78 is 0. The molecule has 32 heavy (non-hydrogen) atoms. The van der Waals surface area contributed by atoms with Gasteiger partial charge in [0, 0.05) is 11.1 Å². The van der Waals surface area contributed by atoms with Gasteiger partial charge in [-0.2, -0.15) is 0 Å². The van der Waals surface area contributed by atoms with Crippen LogP contribution in [-0.2, 0) is 19.2 Å². The Morgan fingerprint density at radius 3 is 2.75 bits per heavy atom. The van der Waals surface area contributed by atoms with Crippen molar-refractivity contribution in [3.8, 4) is 0 Å². The Morgan fingerprint density at radius 1 is 1.44 bits per heavy atom. The molecular formula is C20H24N5O5S2-. The van der Waals surface area contributed by atoms with Gasteiger partial charge >= 0.3 is 0 Å². The highest BCUT2D eigenvalue weighted by Crippen LogP contribution is 2.47. The van der Waals surface area contributed by atoms with Gasteiger partial charge in [-0.15, -0.1) is 23.1 Å². The van der Waals surface area contributed by atoms with Crippen molar-refractivity contribution in [2.75, 3.05) is 18.6 Å². The molecule has 1 aliphatic carbocycles. The Bertz CT molecular complexity index is 1010. The number of oxime groups is 1. The third-order valence-corrected chi connectivity index (χ3v) is 8.15. The predicted octanol–water partition coefficient (Wildman–Crippen LogP) is 0.450. The number of carboxylic acids is 1. The number of aliphatic carboxylic acids is 1. The first-order valence-corrected chi connectivity index (χ1v) is 12.2. The Morgan fingerprint density at radius 2 is 2.16 bits per heavy atom. The number of thioether (sulfide) groups is 1. The van der Waals surface area contributed by atoms with Crippen molar-refractivity contribution in [3.63, 3.8) is 0 Å². The number of nitrogen functional groups attached to an aromatic ring is 1. The van der Waals surface area contributed by atoms with Crippen LogP contribution in [0.4, 0.5) is 5.13 Å². The minimum atomic E-state index is -1.36. The summed E-state index contributed by atoms with van der Waals surface area (Å²) in [5, 5.41) is 19.6. The number of anilines is 1. The molecular weight excluding hydrogens is 454 g/mol. The first-order valence-electron chi connectivity index (χ1n) is 10.3. The standard InChI is InChI=1S/C20H25N5O5S2/c1-20(5-3-4-6-20)7-10-8-31-17-13(16(27)25(17)14(10)18(28)29)23-15(26)12(24-30-2)11-9-32-19(21)22-11/h9,13,17H,3-8H2,1-2H3,(H2,21,22)(H,23,26)(H,28,29)/p-1/b24-12+. The summed E-state index contributed by atoms with van der Waals surface area (Å²) >= 11 is 2.58. The highest BCUT2D eigenvalue weighted by atomic mass is 32.2. The summed E-state index contributed by atoms with van der Waals surface area (Å²) in [6.07, 6.45) is 4.98. The molecule has 10 nitrogen and oxygen atoms in total. The van der Waals surface area contributed by atoms with E-state index in [1.54, 1.807) is 5.38 Å². The van der Waals surface area contributed by atoms with E-state index in [-0.39, 0.29) is 27.6 Å². The van der Waals surface area contributed by atoms with E-state index < -0.39 is 29.2 Å². The summed E-state index contributed by atoms with van der Waals surface area (Å²) in [5.74, 6) is -2.02. The van der Waals surface area contributed by atoms with Crippen LogP contribution in [0.25, 0.3) is 0 Å². The number of carbonyl (C=O) groups excluding carboxylic acids is 3. The SMILES string of the molecule is CO/N=C(/C(=O)NC1C(=O)N2C(C(=O)[O-])=C(CC3(C)CCCC3)CSC12)c1csc(N)n1. The molecule has 0 radical (unpaired) electrons. The Balaban J connectivity index is 1.52. The van der Waals surface area contributed by atoms with Gasteiger partial charge in [0.1, 0.15) is 24.2 Å². The van der Waals surface area contributed by atoms with Gasteiger partial charge in [0.25, 0.3) is 11.8 Å². The Labute approximate surface area is 193 Å². The van der Waals surface area contributed by atoms with Gasteiger partial charge in [-0.3, -0.25) is 14.5 Å². The summed E-state index contributed by atoms with van der Waals surface area (Å²) in [4.78, 5) is 47.7. The maximum Gasteiger partial charge on any atom is 0.276 e. The molecule has 0 spiro atoms. The molecule has 4 rings (SSSR count). The molecule has 1 saturated carbocycles. The van der Waals surface area contributed by atoms with Crippen molar-refractivity contribution < 1.29 is 24.3 Å². The van der Waals surface area contributed by atoms with Crippen LogP contribution < -0.4 is 16.2 Å². The van der Waals surface area contributed by atoms with Gasteiger partial charge in [0.05, 0.1) is 11.7 Å². The van der Waals surface area contributed by atoms with Gasteiger partial charge < -0.3 is 25.8 Å². The molecule has 1 aromatic heterocycles. The van der Waals surface area contributed by atoms with Crippen molar-refractivity contribution in [1.29, 1.82) is 0 Å². The molecule has 0 bridgehead atoms. The number of rotatable bonds is 7. The van der Waals surface area contributed by atoms with Gasteiger partial charge in [0.2, 0.25) is 0 Å². The quantitative estimate of drug-likeness (QED) is 0.326. The third-order valence-electron chi connectivity index (χ3n) is 6.14. The largest absolute Gasteiger partial charge is 0.543 e. The van der Waals surface area contributed by atoms with E-state index in [0.29, 0.717) is 12.2 Å². The van der Waals surface area contributed by atoms with Crippen molar-refractivity contribution in [2.45, 2.75) is 50.4 Å². The number of amides is 2. The zero-order valence-electron chi connectivity index (χ0n) is 17.8. The summed E-state index contributed by atoms with van der Waals surface area (Å²) in [6, 6.07) is -0.886. The van der Waals surface area contributed by atoms with E-state index in [1.807, 2.05) is 0 Å². The number of hydrogen-bond acceptors (Lipinski definition) is 10. The predicted molar refractivity (Wildman–Crippen MR) is 118 cm³/mol. The fraction of sp³-hybridized carbons (Fsp3) is 0.550. The van der Waals surface area contributed by atoms with Crippen LogP contribution in [0.15, 0.2) is 21.8 Å². The topological polar surface area (TPSA) is 150 Å². The van der Waals surface area contributed by atoms with E-state index in [2.05, 4.69) is 22.4 Å². The van der Waals surface area contributed by atoms with Crippen LogP contribution in [-0.4, -0.2) is 57.7 Å². The fourth-order valence-electron chi connectivity index (χ4n) is 4.63. The molecule has 1 saturated heterocycles. The molecule has 3 N–H and O–H groups in total. The third kappa shape index (κ3) is 4.08. The van der Waals surface area contributed by atoms with Crippen LogP contribution in [0, 0.1) is 5.41 Å². The van der Waals surface area contributed by atoms with Gasteiger partial charge in [0.15, 0.2) is 10.8 Å². The number of nitrogens with one attached hydrogen (secondary N) is 1. The number of nitrogens with zero attached hydrogens (tertiary/aromatic N) is 3. The molecule has 1 aromatic rings. The van der Waals surface area contributed by atoms with Gasteiger partial charge in [-0.1, -0.05) is 24.9 Å². The number of carbonyl (C=O) groups is 3. The number of aromatic nitrogens is 1. The normalized spacial score (nSPS) is 24.8. The summed E-state index contributed by atoms with van der Waals surface area (Å²) in [6.45, 7) is 2.17. The number of hydrogen-bond donors (Lipinski definition) is 2. The lowest BCUT2D eigenvalue weighted by Gasteiger charge is -2.51. The summed E-state index contributed by atoms with van der Waals surface area (Å²) in [5.41, 5.74) is 6.48. The minimum absolute atomic E-state index is 0.0459. The van der Waals surface area contributed by atoms with Crippen molar-refractivity contribution in [2.24, 2.45) is 10.6 Å². The van der Waals surface area contributed by atoms with E-state index in [4.69, 9.17) is 10.6 Å². The molecule has 2 amide bonds. The number of nitrogens with two attached hydrogens (primary N) is 1. The van der Waals surface area contributed by atoms with Crippen LogP contribution in [0.3, 0.4) is 0 Å². The Kier molecular flexibility index (Phi) is 6.17. The maximum absolute atomic E-state index is 12.9. The second-order valence-corrected chi connectivity index (χ2v) is 10.5. The molecule has 2 fully saturated rings. The maximum atomic E-state index is 12.9. The second kappa shape index (κ2) is 8.74. The second-order valence-electron chi connectivity index (χ2n) is 8.49. The van der Waals surface area contributed by atoms with Crippen molar-refractivity contribution >= 4 is 51.7 Å². The van der Waals surface area contributed by atoms with Crippen molar-refractivity contribution in [1.82, 2.24) is 15.2 Å². The molecule has 2 unspecified atom stereocenters. The number of β-lactam (4-membered cyclic amide) rings is 1. The molecule has 2 atom stereocenters. The molecule has 3 heterocycles. The van der Waals surface area contributed by atoms with E-state index in [9.17, 15) is 19.5 Å². The van der Waals surface area contributed by atoms with Crippen LogP contribution >= 0.6 is 23.1 Å². The number of carboxylic acid groups (broad SMARTS) is 1. The highest BCUT2D eigenvalue weighted by molar-refractivity contribution is 8.00. The van der Waals surface area contributed by atoms with Gasteiger partial charge in [-0.05, 0) is 30.3 Å². The lowest BCUT2D eigenvalue weighted by Crippen LogP contribution is -2.71. The number of thiazole rings is 1. The molecule has 12 heteroatoms. The lowest BCUT2D eigenvalue weighted by atomic mass is 9.81.